The molecule has 0 radical (unpaired) electrons. The second-order valence-electron chi connectivity index (χ2n) is 4.30. The molecular weight excluding hydrogens is 256 g/mol. The highest BCUT2D eigenvalue weighted by molar-refractivity contribution is 6.99. The van der Waals surface area contributed by atoms with Gasteiger partial charge in [0, 0.05) is 23.7 Å². The molecule has 0 amide bonds. The largest absolute Gasteiger partial charge is 0.367 e. The maximum absolute atomic E-state index is 4.39. The second-order valence-corrected chi connectivity index (χ2v) is 4.83. The molecule has 2 heterocycles. The third kappa shape index (κ3) is 2.42. The van der Waals surface area contributed by atoms with Crippen LogP contribution in [0.2, 0.25) is 0 Å². The van der Waals surface area contributed by atoms with Gasteiger partial charge in [-0.15, -0.1) is 0 Å². The summed E-state index contributed by atoms with van der Waals surface area (Å²) in [4.78, 5) is 4.38. The van der Waals surface area contributed by atoms with Crippen LogP contribution in [0.15, 0.2) is 36.5 Å². The molecule has 0 unspecified atom stereocenters. The molecule has 0 bridgehead atoms. The molecule has 19 heavy (non-hydrogen) atoms. The van der Waals surface area contributed by atoms with Gasteiger partial charge in [0.05, 0.1) is 17.2 Å². The molecule has 3 rings (SSSR count). The lowest BCUT2D eigenvalue weighted by atomic mass is 10.1. The van der Waals surface area contributed by atoms with Gasteiger partial charge in [0.15, 0.2) is 5.82 Å². The molecule has 0 atom stereocenters. The lowest BCUT2D eigenvalue weighted by molar-refractivity contribution is 0.974. The van der Waals surface area contributed by atoms with E-state index in [4.69, 9.17) is 0 Å². The number of nitrogens with one attached hydrogen (secondary N) is 1. The van der Waals surface area contributed by atoms with Gasteiger partial charge in [-0.2, -0.15) is 8.75 Å². The topological polar surface area (TPSA) is 50.7 Å². The first-order chi connectivity index (χ1) is 9.38. The SMILES string of the molecule is CCCNc1nsnc1-c1ccc2cccnc2c1. The molecule has 0 saturated heterocycles. The van der Waals surface area contributed by atoms with Gasteiger partial charge in [-0.1, -0.05) is 25.1 Å². The quantitative estimate of drug-likeness (QED) is 0.787. The first kappa shape index (κ1) is 12.0. The standard InChI is InChI=1S/C14H14N4S/c1-2-7-16-14-13(17-19-18-14)11-6-5-10-4-3-8-15-12(10)9-11/h3-6,8-9H,2,7H2,1H3,(H,16,18). The molecule has 1 aromatic carbocycles. The van der Waals surface area contributed by atoms with E-state index >= 15 is 0 Å². The number of hydrogen-bond acceptors (Lipinski definition) is 5. The molecule has 0 aliphatic heterocycles. The Kier molecular flexibility index (Phi) is 3.37. The number of nitrogens with zero attached hydrogens (tertiary/aromatic N) is 3. The van der Waals surface area contributed by atoms with Crippen LogP contribution in [0.4, 0.5) is 5.82 Å². The van der Waals surface area contributed by atoms with Crippen LogP contribution in [0.5, 0.6) is 0 Å². The molecule has 1 N–H and O–H groups in total. The van der Waals surface area contributed by atoms with E-state index in [1.54, 1.807) is 0 Å². The zero-order chi connectivity index (χ0) is 13.1. The van der Waals surface area contributed by atoms with Gasteiger partial charge in [-0.25, -0.2) is 0 Å². The Morgan fingerprint density at radius 1 is 1.21 bits per heavy atom. The van der Waals surface area contributed by atoms with E-state index < -0.39 is 0 Å². The van der Waals surface area contributed by atoms with Crippen molar-refractivity contribution in [2.75, 3.05) is 11.9 Å². The summed E-state index contributed by atoms with van der Waals surface area (Å²) in [5, 5.41) is 4.44. The van der Waals surface area contributed by atoms with Crippen molar-refractivity contribution in [1.29, 1.82) is 0 Å². The Labute approximate surface area is 115 Å². The lowest BCUT2D eigenvalue weighted by Crippen LogP contribution is -2.01. The minimum Gasteiger partial charge on any atom is -0.367 e. The number of hydrogen-bond donors (Lipinski definition) is 1. The highest BCUT2D eigenvalue weighted by atomic mass is 32.1. The van der Waals surface area contributed by atoms with Crippen LogP contribution < -0.4 is 5.32 Å². The third-order valence-corrected chi connectivity index (χ3v) is 3.44. The van der Waals surface area contributed by atoms with E-state index in [2.05, 4.69) is 50.2 Å². The van der Waals surface area contributed by atoms with Crippen molar-refractivity contribution in [3.63, 3.8) is 0 Å². The number of anilines is 1. The van der Waals surface area contributed by atoms with Crippen molar-refractivity contribution in [3.05, 3.63) is 36.5 Å². The summed E-state index contributed by atoms with van der Waals surface area (Å²) < 4.78 is 8.70. The second kappa shape index (κ2) is 5.32. The molecule has 0 saturated carbocycles. The molecule has 0 spiro atoms. The zero-order valence-electron chi connectivity index (χ0n) is 10.6. The first-order valence-corrected chi connectivity index (χ1v) is 7.03. The Balaban J connectivity index is 2.01. The predicted octanol–water partition coefficient (Wildman–Crippen LogP) is 3.58. The Hall–Kier alpha value is -2.01. The number of aromatic nitrogens is 3. The molecule has 5 heteroatoms. The van der Waals surface area contributed by atoms with Gasteiger partial charge >= 0.3 is 0 Å². The van der Waals surface area contributed by atoms with Crippen molar-refractivity contribution in [2.24, 2.45) is 0 Å². The van der Waals surface area contributed by atoms with Crippen LogP contribution in [-0.2, 0) is 0 Å². The average Bonchev–Trinajstić information content (AvgIpc) is 2.93. The van der Waals surface area contributed by atoms with Gasteiger partial charge in [0.25, 0.3) is 0 Å². The Morgan fingerprint density at radius 2 is 2.16 bits per heavy atom. The van der Waals surface area contributed by atoms with Crippen molar-refractivity contribution < 1.29 is 0 Å². The van der Waals surface area contributed by atoms with Gasteiger partial charge in [-0.05, 0) is 18.6 Å². The van der Waals surface area contributed by atoms with E-state index in [9.17, 15) is 0 Å². The fraction of sp³-hybridized carbons (Fsp3) is 0.214. The van der Waals surface area contributed by atoms with Crippen LogP contribution >= 0.6 is 11.7 Å². The normalized spacial score (nSPS) is 10.8. The Bertz CT molecular complexity index is 692. The average molecular weight is 270 g/mol. The summed E-state index contributed by atoms with van der Waals surface area (Å²) in [6.45, 7) is 3.04. The molecule has 3 aromatic rings. The summed E-state index contributed by atoms with van der Waals surface area (Å²) in [6, 6.07) is 10.2. The van der Waals surface area contributed by atoms with Crippen molar-refractivity contribution >= 4 is 28.4 Å². The van der Waals surface area contributed by atoms with E-state index in [-0.39, 0.29) is 0 Å². The van der Waals surface area contributed by atoms with E-state index in [0.29, 0.717) is 0 Å². The number of fused-ring (bicyclic) bond motifs is 1. The van der Waals surface area contributed by atoms with Gasteiger partial charge < -0.3 is 5.32 Å². The van der Waals surface area contributed by atoms with Crippen LogP contribution in [0.3, 0.4) is 0 Å². The van der Waals surface area contributed by atoms with Gasteiger partial charge in [-0.3, -0.25) is 4.98 Å². The smallest absolute Gasteiger partial charge is 0.168 e. The summed E-state index contributed by atoms with van der Waals surface area (Å²) in [7, 11) is 0. The molecular formula is C14H14N4S. The van der Waals surface area contributed by atoms with Crippen molar-refractivity contribution in [1.82, 2.24) is 13.7 Å². The molecule has 0 aliphatic rings. The van der Waals surface area contributed by atoms with Crippen LogP contribution in [0.1, 0.15) is 13.3 Å². The third-order valence-electron chi connectivity index (χ3n) is 2.91. The minimum atomic E-state index is 0.863. The van der Waals surface area contributed by atoms with E-state index in [1.165, 1.54) is 11.7 Å². The maximum atomic E-state index is 4.39. The molecule has 0 aliphatic carbocycles. The Morgan fingerprint density at radius 3 is 3.05 bits per heavy atom. The first-order valence-electron chi connectivity index (χ1n) is 6.30. The molecule has 0 fully saturated rings. The van der Waals surface area contributed by atoms with Gasteiger partial charge in [0.2, 0.25) is 0 Å². The number of benzene rings is 1. The van der Waals surface area contributed by atoms with Crippen LogP contribution in [0, 0.1) is 0 Å². The van der Waals surface area contributed by atoms with E-state index in [1.807, 2.05) is 12.3 Å². The highest BCUT2D eigenvalue weighted by Crippen LogP contribution is 2.28. The van der Waals surface area contributed by atoms with Crippen LogP contribution in [0.25, 0.3) is 22.2 Å². The van der Waals surface area contributed by atoms with Gasteiger partial charge in [0.1, 0.15) is 5.69 Å². The monoisotopic (exact) mass is 270 g/mol. The molecule has 2 aromatic heterocycles. The number of rotatable bonds is 4. The maximum Gasteiger partial charge on any atom is 0.168 e. The molecule has 96 valence electrons. The van der Waals surface area contributed by atoms with E-state index in [0.717, 1.165) is 40.9 Å². The molecule has 4 nitrogen and oxygen atoms in total. The summed E-state index contributed by atoms with van der Waals surface area (Å²) >= 11 is 1.23. The summed E-state index contributed by atoms with van der Waals surface area (Å²) in [5.41, 5.74) is 2.94. The van der Waals surface area contributed by atoms with Crippen LogP contribution in [-0.4, -0.2) is 20.3 Å². The predicted molar refractivity (Wildman–Crippen MR) is 79.4 cm³/mol. The van der Waals surface area contributed by atoms with Crippen molar-refractivity contribution in [3.8, 4) is 11.3 Å². The minimum absolute atomic E-state index is 0.863. The zero-order valence-corrected chi connectivity index (χ0v) is 11.4. The lowest BCUT2D eigenvalue weighted by Gasteiger charge is -2.04. The fourth-order valence-corrected chi connectivity index (χ4v) is 2.50. The van der Waals surface area contributed by atoms with Crippen molar-refractivity contribution in [2.45, 2.75) is 13.3 Å². The fourth-order valence-electron chi connectivity index (χ4n) is 1.95. The highest BCUT2D eigenvalue weighted by Gasteiger charge is 2.10. The summed E-state index contributed by atoms with van der Waals surface area (Å²) in [6.07, 6.45) is 2.87. The number of pyridine rings is 1. The summed E-state index contributed by atoms with van der Waals surface area (Å²) in [5.74, 6) is 0.863.